The highest BCUT2D eigenvalue weighted by atomic mass is 35.5. The maximum absolute atomic E-state index is 12.8. The van der Waals surface area contributed by atoms with E-state index in [1.165, 1.54) is 24.1 Å². The molecule has 0 aliphatic carbocycles. The molecule has 7 nitrogen and oxygen atoms in total. The standard InChI is InChI=1S/C17H22ClNO6/c1-10(2)8-25-15-12(18)6-11(7-14(15)23-3)16(20)19-4-5-24-9-13(19)17(21)22/h6-7,10,13H,4-5,8-9H2,1-3H3,(H,21,22)/t13-/m1/s1. The Labute approximate surface area is 151 Å². The third-order valence-corrected chi connectivity index (χ3v) is 3.99. The minimum absolute atomic E-state index is 0.0402. The molecule has 1 amide bonds. The lowest BCUT2D eigenvalue weighted by Gasteiger charge is -2.33. The summed E-state index contributed by atoms with van der Waals surface area (Å²) in [5, 5.41) is 9.52. The minimum Gasteiger partial charge on any atom is -0.493 e. The smallest absolute Gasteiger partial charge is 0.328 e. The fraction of sp³-hybridized carbons (Fsp3) is 0.529. The fourth-order valence-electron chi connectivity index (χ4n) is 2.45. The molecule has 0 saturated carbocycles. The zero-order valence-electron chi connectivity index (χ0n) is 14.5. The summed E-state index contributed by atoms with van der Waals surface area (Å²) in [4.78, 5) is 25.4. The zero-order chi connectivity index (χ0) is 18.6. The number of rotatable bonds is 6. The van der Waals surface area contributed by atoms with Crippen molar-refractivity contribution in [1.82, 2.24) is 4.90 Å². The van der Waals surface area contributed by atoms with E-state index in [0.717, 1.165) is 0 Å². The first kappa shape index (κ1) is 19.3. The number of carboxylic acids is 1. The Morgan fingerprint density at radius 2 is 2.16 bits per heavy atom. The molecule has 0 radical (unpaired) electrons. The number of carbonyl (C=O) groups excluding carboxylic acids is 1. The third-order valence-electron chi connectivity index (χ3n) is 3.71. The van der Waals surface area contributed by atoms with Gasteiger partial charge in [-0.2, -0.15) is 0 Å². The number of carbonyl (C=O) groups is 2. The monoisotopic (exact) mass is 371 g/mol. The molecule has 1 heterocycles. The molecule has 1 aromatic rings. The fourth-order valence-corrected chi connectivity index (χ4v) is 2.72. The predicted octanol–water partition coefficient (Wildman–Crippen LogP) is 2.31. The van der Waals surface area contributed by atoms with Crippen LogP contribution in [0.25, 0.3) is 0 Å². The van der Waals surface area contributed by atoms with Crippen LogP contribution in [-0.2, 0) is 9.53 Å². The normalized spacial score (nSPS) is 17.5. The summed E-state index contributed by atoms with van der Waals surface area (Å²) < 4.78 is 16.1. The van der Waals surface area contributed by atoms with Gasteiger partial charge in [0.15, 0.2) is 17.5 Å². The molecule has 8 heteroatoms. The van der Waals surface area contributed by atoms with Crippen LogP contribution in [-0.4, -0.2) is 61.4 Å². The van der Waals surface area contributed by atoms with E-state index in [1.807, 2.05) is 13.8 Å². The number of halogens is 1. The Hall–Kier alpha value is -1.99. The largest absolute Gasteiger partial charge is 0.493 e. The molecular formula is C17H22ClNO6. The minimum atomic E-state index is -1.11. The van der Waals surface area contributed by atoms with Gasteiger partial charge in [-0.15, -0.1) is 0 Å². The van der Waals surface area contributed by atoms with E-state index in [-0.39, 0.29) is 30.3 Å². The molecule has 1 aliphatic rings. The predicted molar refractivity (Wildman–Crippen MR) is 91.6 cm³/mol. The second-order valence-corrected chi connectivity index (χ2v) is 6.53. The van der Waals surface area contributed by atoms with Gasteiger partial charge in [-0.25, -0.2) is 4.79 Å². The van der Waals surface area contributed by atoms with E-state index < -0.39 is 17.9 Å². The van der Waals surface area contributed by atoms with Crippen LogP contribution < -0.4 is 9.47 Å². The Morgan fingerprint density at radius 1 is 1.44 bits per heavy atom. The van der Waals surface area contributed by atoms with Gasteiger partial charge in [0.2, 0.25) is 0 Å². The van der Waals surface area contributed by atoms with Gasteiger partial charge in [0.25, 0.3) is 5.91 Å². The first-order valence-corrected chi connectivity index (χ1v) is 8.34. The van der Waals surface area contributed by atoms with E-state index in [1.54, 1.807) is 0 Å². The number of methoxy groups -OCH3 is 1. The van der Waals surface area contributed by atoms with E-state index in [9.17, 15) is 14.7 Å². The lowest BCUT2D eigenvalue weighted by Crippen LogP contribution is -2.52. The summed E-state index contributed by atoms with van der Waals surface area (Å²) >= 11 is 6.26. The highest BCUT2D eigenvalue weighted by molar-refractivity contribution is 6.32. The topological polar surface area (TPSA) is 85.3 Å². The van der Waals surface area contributed by atoms with Crippen LogP contribution in [0.1, 0.15) is 24.2 Å². The number of hydrogen-bond donors (Lipinski definition) is 1. The number of ether oxygens (including phenoxy) is 3. The zero-order valence-corrected chi connectivity index (χ0v) is 15.2. The third kappa shape index (κ3) is 4.55. The van der Waals surface area contributed by atoms with Crippen LogP contribution in [0.3, 0.4) is 0 Å². The quantitative estimate of drug-likeness (QED) is 0.825. The van der Waals surface area contributed by atoms with Crippen molar-refractivity contribution in [1.29, 1.82) is 0 Å². The number of hydrogen-bond acceptors (Lipinski definition) is 5. The number of benzene rings is 1. The summed E-state index contributed by atoms with van der Waals surface area (Å²) in [7, 11) is 1.46. The molecule has 2 rings (SSSR count). The first-order valence-electron chi connectivity index (χ1n) is 7.97. The molecule has 138 valence electrons. The van der Waals surface area contributed by atoms with Crippen molar-refractivity contribution in [3.05, 3.63) is 22.7 Å². The van der Waals surface area contributed by atoms with Crippen molar-refractivity contribution in [3.8, 4) is 11.5 Å². The van der Waals surface area contributed by atoms with Crippen molar-refractivity contribution in [3.63, 3.8) is 0 Å². The number of nitrogens with zero attached hydrogens (tertiary/aromatic N) is 1. The number of aliphatic carboxylic acids is 1. The summed E-state index contributed by atoms with van der Waals surface area (Å²) in [5.41, 5.74) is 0.242. The van der Waals surface area contributed by atoms with Gasteiger partial charge < -0.3 is 24.2 Å². The lowest BCUT2D eigenvalue weighted by atomic mass is 10.1. The van der Waals surface area contributed by atoms with E-state index >= 15 is 0 Å². The van der Waals surface area contributed by atoms with Crippen molar-refractivity contribution < 1.29 is 28.9 Å². The van der Waals surface area contributed by atoms with Gasteiger partial charge in [0.1, 0.15) is 0 Å². The van der Waals surface area contributed by atoms with Gasteiger partial charge in [-0.1, -0.05) is 25.4 Å². The maximum Gasteiger partial charge on any atom is 0.328 e. The Kier molecular flexibility index (Phi) is 6.50. The van der Waals surface area contributed by atoms with E-state index in [0.29, 0.717) is 24.0 Å². The summed E-state index contributed by atoms with van der Waals surface area (Å²) in [5.74, 6) is -0.552. The molecule has 1 aromatic carbocycles. The number of amides is 1. The van der Waals surface area contributed by atoms with Crippen LogP contribution in [0.5, 0.6) is 11.5 Å². The second-order valence-electron chi connectivity index (χ2n) is 6.12. The van der Waals surface area contributed by atoms with Gasteiger partial charge in [0.05, 0.1) is 32.0 Å². The van der Waals surface area contributed by atoms with E-state index in [2.05, 4.69) is 0 Å². The average Bonchev–Trinajstić information content (AvgIpc) is 2.59. The molecule has 1 aliphatic heterocycles. The van der Waals surface area contributed by atoms with Gasteiger partial charge in [0, 0.05) is 12.1 Å². The first-order chi connectivity index (χ1) is 11.8. The second kappa shape index (κ2) is 8.40. The van der Waals surface area contributed by atoms with Crippen LogP contribution in [0, 0.1) is 5.92 Å². The molecule has 1 atom stereocenters. The SMILES string of the molecule is COc1cc(C(=O)N2CCOC[C@@H]2C(=O)O)cc(Cl)c1OCC(C)C. The number of carboxylic acid groups (broad SMARTS) is 1. The Balaban J connectivity index is 2.30. The molecule has 0 spiro atoms. The molecule has 1 saturated heterocycles. The molecule has 0 bridgehead atoms. The maximum atomic E-state index is 12.8. The average molecular weight is 372 g/mol. The van der Waals surface area contributed by atoms with Crippen LogP contribution in [0.4, 0.5) is 0 Å². The summed E-state index contributed by atoms with van der Waals surface area (Å²) in [6.45, 7) is 4.90. The Bertz CT molecular complexity index is 648. The van der Waals surface area contributed by atoms with Crippen molar-refractivity contribution in [2.45, 2.75) is 19.9 Å². The van der Waals surface area contributed by atoms with Crippen LogP contribution in [0.15, 0.2) is 12.1 Å². The van der Waals surface area contributed by atoms with Crippen molar-refractivity contribution >= 4 is 23.5 Å². The molecule has 25 heavy (non-hydrogen) atoms. The number of morpholine rings is 1. The van der Waals surface area contributed by atoms with Gasteiger partial charge >= 0.3 is 5.97 Å². The molecule has 1 N–H and O–H groups in total. The van der Waals surface area contributed by atoms with Crippen molar-refractivity contribution in [2.75, 3.05) is 33.5 Å². The highest BCUT2D eigenvalue weighted by Crippen LogP contribution is 2.37. The molecular weight excluding hydrogens is 350 g/mol. The molecule has 0 unspecified atom stereocenters. The molecule has 1 fully saturated rings. The Morgan fingerprint density at radius 3 is 2.76 bits per heavy atom. The highest BCUT2D eigenvalue weighted by Gasteiger charge is 2.33. The van der Waals surface area contributed by atoms with Crippen LogP contribution in [0.2, 0.25) is 5.02 Å². The van der Waals surface area contributed by atoms with E-state index in [4.69, 9.17) is 25.8 Å². The summed E-state index contributed by atoms with van der Waals surface area (Å²) in [6, 6.07) is 1.96. The van der Waals surface area contributed by atoms with Crippen LogP contribution >= 0.6 is 11.6 Å². The van der Waals surface area contributed by atoms with Crippen molar-refractivity contribution in [2.24, 2.45) is 5.92 Å². The lowest BCUT2D eigenvalue weighted by molar-refractivity contribution is -0.147. The van der Waals surface area contributed by atoms with Gasteiger partial charge in [-0.05, 0) is 18.1 Å². The summed E-state index contributed by atoms with van der Waals surface area (Å²) in [6.07, 6.45) is 0. The van der Waals surface area contributed by atoms with Gasteiger partial charge in [-0.3, -0.25) is 4.79 Å². The molecule has 0 aromatic heterocycles.